The first-order valence-electron chi connectivity index (χ1n) is 8.99. The van der Waals surface area contributed by atoms with Crippen LogP contribution in [0.4, 0.5) is 0 Å². The highest BCUT2D eigenvalue weighted by atomic mass is 16.6. The van der Waals surface area contributed by atoms with Gasteiger partial charge in [0, 0.05) is 6.42 Å². The Labute approximate surface area is 142 Å². The fraction of sp³-hybridized carbons (Fsp3) is 0.571. The van der Waals surface area contributed by atoms with E-state index in [4.69, 9.17) is 4.74 Å². The van der Waals surface area contributed by atoms with Gasteiger partial charge in [0.1, 0.15) is 5.78 Å². The van der Waals surface area contributed by atoms with Crippen molar-refractivity contribution in [2.45, 2.75) is 77.4 Å². The lowest BCUT2D eigenvalue weighted by molar-refractivity contribution is -0.117. The van der Waals surface area contributed by atoms with E-state index in [1.54, 1.807) is 6.92 Å². The largest absolute Gasteiger partial charge is 0.369 e. The molecule has 128 valence electrons. The van der Waals surface area contributed by atoms with E-state index >= 15 is 0 Å². The maximum Gasteiger partial charge on any atom is 0.129 e. The molecule has 23 heavy (non-hydrogen) atoms. The van der Waals surface area contributed by atoms with Crippen LogP contribution in [0.5, 0.6) is 0 Å². The minimum absolute atomic E-state index is 0.279. The standard InChI is InChI=1S/C21H32O2/c1-3-4-5-6-7-8-9-10-11-12-13-14-17-20-21(23-20)18-15-16-19(2)22/h4-5,7-8,10-11,13-14,20-21H,3,6,9,12,15-18H2,1-2H3/b5-4-,8-7-,11-10-,14-13-. The molecule has 0 aromatic heterocycles. The number of rotatable bonds is 13. The van der Waals surface area contributed by atoms with Gasteiger partial charge in [-0.3, -0.25) is 0 Å². The van der Waals surface area contributed by atoms with Gasteiger partial charge < -0.3 is 9.53 Å². The van der Waals surface area contributed by atoms with Crippen LogP contribution in [-0.4, -0.2) is 18.0 Å². The number of hydrogen-bond acceptors (Lipinski definition) is 2. The zero-order valence-electron chi connectivity index (χ0n) is 14.7. The Bertz CT molecular complexity index is 429. The number of allylic oxidation sites excluding steroid dienone is 7. The van der Waals surface area contributed by atoms with Crippen molar-refractivity contribution in [1.29, 1.82) is 0 Å². The summed E-state index contributed by atoms with van der Waals surface area (Å²) >= 11 is 0. The Balaban J connectivity index is 1.94. The first-order valence-corrected chi connectivity index (χ1v) is 8.99. The van der Waals surface area contributed by atoms with Gasteiger partial charge in [-0.1, -0.05) is 55.5 Å². The Morgan fingerprint density at radius 2 is 1.43 bits per heavy atom. The van der Waals surface area contributed by atoms with E-state index in [1.165, 1.54) is 0 Å². The van der Waals surface area contributed by atoms with Crippen molar-refractivity contribution in [2.75, 3.05) is 0 Å². The van der Waals surface area contributed by atoms with Crippen LogP contribution in [-0.2, 0) is 9.53 Å². The number of ketones is 1. The Morgan fingerprint density at radius 3 is 2.00 bits per heavy atom. The summed E-state index contributed by atoms with van der Waals surface area (Å²) in [4.78, 5) is 10.9. The van der Waals surface area contributed by atoms with E-state index in [9.17, 15) is 4.79 Å². The van der Waals surface area contributed by atoms with Crippen LogP contribution < -0.4 is 0 Å². The Hall–Kier alpha value is -1.41. The molecular weight excluding hydrogens is 284 g/mol. The lowest BCUT2D eigenvalue weighted by Gasteiger charge is -1.93. The monoisotopic (exact) mass is 316 g/mol. The molecule has 1 aliphatic heterocycles. The van der Waals surface area contributed by atoms with Crippen LogP contribution in [0.25, 0.3) is 0 Å². The van der Waals surface area contributed by atoms with Gasteiger partial charge in [-0.05, 0) is 51.9 Å². The first-order chi connectivity index (χ1) is 11.2. The summed E-state index contributed by atoms with van der Waals surface area (Å²) in [6.45, 7) is 3.81. The summed E-state index contributed by atoms with van der Waals surface area (Å²) in [6, 6.07) is 0. The van der Waals surface area contributed by atoms with E-state index in [2.05, 4.69) is 55.5 Å². The molecule has 2 atom stereocenters. The molecule has 0 radical (unpaired) electrons. The van der Waals surface area contributed by atoms with Crippen LogP contribution in [0.15, 0.2) is 48.6 Å². The molecule has 1 saturated heterocycles. The highest BCUT2D eigenvalue weighted by molar-refractivity contribution is 5.75. The van der Waals surface area contributed by atoms with Crippen LogP contribution in [0, 0.1) is 0 Å². The molecule has 1 aliphatic rings. The van der Waals surface area contributed by atoms with Crippen molar-refractivity contribution in [1.82, 2.24) is 0 Å². The fourth-order valence-electron chi connectivity index (χ4n) is 2.40. The SMILES string of the molecule is CC/C=C\C/C=C\C/C=C\C/C=C\CC1OC1CCCC(C)=O. The third kappa shape index (κ3) is 11.8. The summed E-state index contributed by atoms with van der Waals surface area (Å²) < 4.78 is 5.60. The highest BCUT2D eigenvalue weighted by Gasteiger charge is 2.36. The third-order valence-corrected chi connectivity index (χ3v) is 3.79. The second-order valence-corrected chi connectivity index (χ2v) is 6.04. The number of carbonyl (C=O) groups excluding carboxylic acids is 1. The predicted molar refractivity (Wildman–Crippen MR) is 98.5 cm³/mol. The summed E-state index contributed by atoms with van der Waals surface area (Å²) in [5.74, 6) is 0.279. The highest BCUT2D eigenvalue weighted by Crippen LogP contribution is 2.30. The molecule has 0 aromatic rings. The molecule has 0 aliphatic carbocycles. The van der Waals surface area contributed by atoms with Gasteiger partial charge in [-0.2, -0.15) is 0 Å². The van der Waals surface area contributed by atoms with Crippen molar-refractivity contribution in [2.24, 2.45) is 0 Å². The van der Waals surface area contributed by atoms with Gasteiger partial charge in [0.15, 0.2) is 0 Å². The molecule has 0 spiro atoms. The third-order valence-electron chi connectivity index (χ3n) is 3.79. The van der Waals surface area contributed by atoms with Gasteiger partial charge in [0.2, 0.25) is 0 Å². The zero-order chi connectivity index (χ0) is 16.8. The van der Waals surface area contributed by atoms with Gasteiger partial charge in [-0.25, -0.2) is 0 Å². The van der Waals surface area contributed by atoms with E-state index in [-0.39, 0.29) is 5.78 Å². The van der Waals surface area contributed by atoms with Gasteiger partial charge in [0.25, 0.3) is 0 Å². The molecule has 1 heterocycles. The molecule has 0 N–H and O–H groups in total. The molecule has 2 nitrogen and oxygen atoms in total. The minimum Gasteiger partial charge on any atom is -0.369 e. The number of epoxide rings is 1. The van der Waals surface area contributed by atoms with E-state index in [0.717, 1.165) is 44.9 Å². The Morgan fingerprint density at radius 1 is 0.870 bits per heavy atom. The lowest BCUT2D eigenvalue weighted by Crippen LogP contribution is -1.95. The molecule has 0 bridgehead atoms. The van der Waals surface area contributed by atoms with E-state index in [1.807, 2.05) is 0 Å². The summed E-state index contributed by atoms with van der Waals surface area (Å²) in [5.41, 5.74) is 0. The molecule has 0 amide bonds. The quantitative estimate of drug-likeness (QED) is 0.322. The smallest absolute Gasteiger partial charge is 0.129 e. The van der Waals surface area contributed by atoms with E-state index < -0.39 is 0 Å². The van der Waals surface area contributed by atoms with Crippen molar-refractivity contribution in [3.63, 3.8) is 0 Å². The molecule has 0 aromatic carbocycles. The average Bonchev–Trinajstić information content (AvgIpc) is 3.26. The summed E-state index contributed by atoms with van der Waals surface area (Å²) in [7, 11) is 0. The van der Waals surface area contributed by atoms with Crippen molar-refractivity contribution >= 4 is 5.78 Å². The number of hydrogen-bond donors (Lipinski definition) is 0. The summed E-state index contributed by atoms with van der Waals surface area (Å²) in [5, 5.41) is 0. The lowest BCUT2D eigenvalue weighted by atomic mass is 10.1. The molecule has 0 saturated carbocycles. The van der Waals surface area contributed by atoms with E-state index in [0.29, 0.717) is 18.6 Å². The van der Waals surface area contributed by atoms with Gasteiger partial charge in [-0.15, -0.1) is 0 Å². The number of carbonyl (C=O) groups is 1. The normalized spacial score (nSPS) is 21.3. The van der Waals surface area contributed by atoms with Crippen LogP contribution in [0.3, 0.4) is 0 Å². The average molecular weight is 316 g/mol. The second-order valence-electron chi connectivity index (χ2n) is 6.04. The maximum atomic E-state index is 10.9. The van der Waals surface area contributed by atoms with Gasteiger partial charge in [0.05, 0.1) is 12.2 Å². The molecular formula is C21H32O2. The molecule has 1 rings (SSSR count). The number of Topliss-reactive ketones (excluding diaryl/α,β-unsaturated/α-hetero) is 1. The predicted octanol–water partition coefficient (Wildman–Crippen LogP) is 5.71. The molecule has 2 unspecified atom stereocenters. The zero-order valence-corrected chi connectivity index (χ0v) is 14.7. The van der Waals surface area contributed by atoms with Gasteiger partial charge >= 0.3 is 0 Å². The van der Waals surface area contributed by atoms with Crippen LogP contribution in [0.1, 0.15) is 65.2 Å². The van der Waals surface area contributed by atoms with Crippen LogP contribution >= 0.6 is 0 Å². The first kappa shape index (κ1) is 19.6. The fourth-order valence-corrected chi connectivity index (χ4v) is 2.40. The van der Waals surface area contributed by atoms with Crippen molar-refractivity contribution < 1.29 is 9.53 Å². The summed E-state index contributed by atoms with van der Waals surface area (Å²) in [6.07, 6.45) is 26.3. The minimum atomic E-state index is 0.279. The number of ether oxygens (including phenoxy) is 1. The molecule has 2 heteroatoms. The maximum absolute atomic E-state index is 10.9. The van der Waals surface area contributed by atoms with Crippen LogP contribution in [0.2, 0.25) is 0 Å². The topological polar surface area (TPSA) is 29.6 Å². The van der Waals surface area contributed by atoms with Crippen molar-refractivity contribution in [3.8, 4) is 0 Å². The second kappa shape index (κ2) is 13.1. The Kier molecular flexibility index (Phi) is 11.2. The molecule has 1 fully saturated rings. The van der Waals surface area contributed by atoms with Crippen molar-refractivity contribution in [3.05, 3.63) is 48.6 Å².